The van der Waals surface area contributed by atoms with Gasteiger partial charge in [-0.2, -0.15) is 0 Å². The van der Waals surface area contributed by atoms with Crippen molar-refractivity contribution in [3.63, 3.8) is 0 Å². The second-order valence-corrected chi connectivity index (χ2v) is 8.81. The van der Waals surface area contributed by atoms with Gasteiger partial charge < -0.3 is 5.32 Å². The van der Waals surface area contributed by atoms with Crippen molar-refractivity contribution >= 4 is 11.3 Å². The van der Waals surface area contributed by atoms with E-state index in [1.54, 1.807) is 9.75 Å². The number of hydrogen-bond donors (Lipinski definition) is 1. The molecule has 0 spiro atoms. The Hall–Kier alpha value is -0.340. The Kier molecular flexibility index (Phi) is 6.31. The summed E-state index contributed by atoms with van der Waals surface area (Å²) in [5.41, 5.74) is 0.538. The van der Waals surface area contributed by atoms with Crippen LogP contribution < -0.4 is 5.32 Å². The second kappa shape index (κ2) is 7.78. The number of aryl methyl sites for hydroxylation is 1. The first-order chi connectivity index (χ1) is 10.0. The third kappa shape index (κ3) is 5.10. The van der Waals surface area contributed by atoms with Gasteiger partial charge in [-0.25, -0.2) is 0 Å². The lowest BCUT2D eigenvalue weighted by Crippen LogP contribution is -2.37. The molecular weight excluding hydrogens is 274 g/mol. The molecule has 2 unspecified atom stereocenters. The summed E-state index contributed by atoms with van der Waals surface area (Å²) in [5.74, 6) is 1.73. The number of thiophene rings is 1. The Bertz CT molecular complexity index is 421. The van der Waals surface area contributed by atoms with Gasteiger partial charge in [0.05, 0.1) is 0 Å². The summed E-state index contributed by atoms with van der Waals surface area (Å²) in [5, 5.41) is 3.67. The van der Waals surface area contributed by atoms with Crippen LogP contribution >= 0.6 is 11.3 Å². The van der Waals surface area contributed by atoms with E-state index in [9.17, 15) is 0 Å². The summed E-state index contributed by atoms with van der Waals surface area (Å²) in [6, 6.07) is 4.71. The van der Waals surface area contributed by atoms with E-state index in [0.29, 0.717) is 5.41 Å². The molecule has 1 fully saturated rings. The van der Waals surface area contributed by atoms with Crippen molar-refractivity contribution in [1.82, 2.24) is 5.32 Å². The standard InChI is InChI=1S/C19H33NS/c1-5-11-20-14-15-9-10-19(3,4)13-16(15)12-18-8-7-17(6-2)21-18/h7-8,15-16,20H,5-6,9-14H2,1-4H3. The van der Waals surface area contributed by atoms with Gasteiger partial charge in [0.1, 0.15) is 0 Å². The maximum atomic E-state index is 3.67. The van der Waals surface area contributed by atoms with Crippen molar-refractivity contribution in [2.75, 3.05) is 13.1 Å². The Morgan fingerprint density at radius 1 is 1.19 bits per heavy atom. The first kappa shape index (κ1) is 17.0. The molecule has 2 heteroatoms. The van der Waals surface area contributed by atoms with Crippen molar-refractivity contribution in [1.29, 1.82) is 0 Å². The van der Waals surface area contributed by atoms with Crippen molar-refractivity contribution < 1.29 is 0 Å². The minimum atomic E-state index is 0.538. The van der Waals surface area contributed by atoms with Crippen LogP contribution in [0, 0.1) is 17.3 Å². The molecule has 0 aromatic carbocycles. The molecule has 1 N–H and O–H groups in total. The van der Waals surface area contributed by atoms with Gasteiger partial charge in [-0.15, -0.1) is 11.3 Å². The number of nitrogens with one attached hydrogen (secondary N) is 1. The largest absolute Gasteiger partial charge is 0.316 e. The highest BCUT2D eigenvalue weighted by Gasteiger charge is 2.34. The molecule has 2 atom stereocenters. The zero-order valence-corrected chi connectivity index (χ0v) is 15.2. The monoisotopic (exact) mass is 307 g/mol. The molecule has 21 heavy (non-hydrogen) atoms. The van der Waals surface area contributed by atoms with E-state index in [0.717, 1.165) is 11.8 Å². The highest BCUT2D eigenvalue weighted by Crippen LogP contribution is 2.43. The zero-order valence-electron chi connectivity index (χ0n) is 14.4. The van der Waals surface area contributed by atoms with E-state index in [4.69, 9.17) is 0 Å². The Morgan fingerprint density at radius 2 is 1.95 bits per heavy atom. The first-order valence-electron chi connectivity index (χ1n) is 8.82. The van der Waals surface area contributed by atoms with Crippen LogP contribution in [0.4, 0.5) is 0 Å². The molecular formula is C19H33NS. The third-order valence-electron chi connectivity index (χ3n) is 5.04. The minimum absolute atomic E-state index is 0.538. The Labute approximate surface area is 135 Å². The van der Waals surface area contributed by atoms with Gasteiger partial charge in [-0.05, 0) is 81.0 Å². The van der Waals surface area contributed by atoms with Crippen LogP contribution in [0.15, 0.2) is 12.1 Å². The summed E-state index contributed by atoms with van der Waals surface area (Å²) < 4.78 is 0. The van der Waals surface area contributed by atoms with E-state index in [1.165, 1.54) is 51.6 Å². The predicted octanol–water partition coefficient (Wildman–Crippen LogP) is 5.30. The molecule has 0 bridgehead atoms. The molecule has 0 radical (unpaired) electrons. The Balaban J connectivity index is 1.98. The summed E-state index contributed by atoms with van der Waals surface area (Å²) in [4.78, 5) is 3.15. The molecule has 1 aromatic heterocycles. The van der Waals surface area contributed by atoms with Gasteiger partial charge in [-0.1, -0.05) is 27.7 Å². The fraction of sp³-hybridized carbons (Fsp3) is 0.789. The van der Waals surface area contributed by atoms with Gasteiger partial charge in [0.2, 0.25) is 0 Å². The van der Waals surface area contributed by atoms with Crippen LogP contribution in [0.25, 0.3) is 0 Å². The highest BCUT2D eigenvalue weighted by molar-refractivity contribution is 7.11. The smallest absolute Gasteiger partial charge is 0.00510 e. The summed E-state index contributed by atoms with van der Waals surface area (Å²) in [6.07, 6.45) is 7.92. The minimum Gasteiger partial charge on any atom is -0.316 e. The number of hydrogen-bond acceptors (Lipinski definition) is 2. The molecule has 1 aliphatic rings. The summed E-state index contributed by atoms with van der Waals surface area (Å²) in [6.45, 7) is 11.8. The van der Waals surface area contributed by atoms with Crippen molar-refractivity contribution in [3.05, 3.63) is 21.9 Å². The third-order valence-corrected chi connectivity index (χ3v) is 6.29. The van der Waals surface area contributed by atoms with Crippen molar-refractivity contribution in [2.45, 2.75) is 66.2 Å². The van der Waals surface area contributed by atoms with Crippen LogP contribution in [0.3, 0.4) is 0 Å². The van der Waals surface area contributed by atoms with E-state index in [-0.39, 0.29) is 0 Å². The molecule has 2 rings (SSSR count). The highest BCUT2D eigenvalue weighted by atomic mass is 32.1. The van der Waals surface area contributed by atoms with Crippen LogP contribution in [-0.2, 0) is 12.8 Å². The number of rotatable bonds is 7. The molecule has 1 aliphatic carbocycles. The molecule has 0 amide bonds. The molecule has 1 heterocycles. The SMILES string of the molecule is CCCNCC1CCC(C)(C)CC1Cc1ccc(CC)s1. The van der Waals surface area contributed by atoms with E-state index >= 15 is 0 Å². The van der Waals surface area contributed by atoms with Crippen molar-refractivity contribution in [2.24, 2.45) is 17.3 Å². The molecule has 1 saturated carbocycles. The molecule has 1 aromatic rings. The first-order valence-corrected chi connectivity index (χ1v) is 9.64. The van der Waals surface area contributed by atoms with Gasteiger partial charge in [-0.3, -0.25) is 0 Å². The van der Waals surface area contributed by atoms with Crippen LogP contribution in [0.1, 0.15) is 63.1 Å². The second-order valence-electron chi connectivity index (χ2n) is 7.56. The fourth-order valence-corrected chi connectivity index (χ4v) is 4.79. The lowest BCUT2D eigenvalue weighted by atomic mass is 9.66. The van der Waals surface area contributed by atoms with E-state index < -0.39 is 0 Å². The lowest BCUT2D eigenvalue weighted by Gasteiger charge is -2.41. The average Bonchev–Trinajstić information content (AvgIpc) is 2.88. The lowest BCUT2D eigenvalue weighted by molar-refractivity contribution is 0.116. The van der Waals surface area contributed by atoms with E-state index in [2.05, 4.69) is 45.1 Å². The van der Waals surface area contributed by atoms with Crippen LogP contribution in [0.2, 0.25) is 0 Å². The van der Waals surface area contributed by atoms with E-state index in [1.807, 2.05) is 11.3 Å². The predicted molar refractivity (Wildman–Crippen MR) is 95.2 cm³/mol. The summed E-state index contributed by atoms with van der Waals surface area (Å²) in [7, 11) is 0. The van der Waals surface area contributed by atoms with Gasteiger partial charge in [0, 0.05) is 9.75 Å². The average molecular weight is 308 g/mol. The topological polar surface area (TPSA) is 12.0 Å². The van der Waals surface area contributed by atoms with Crippen LogP contribution in [-0.4, -0.2) is 13.1 Å². The maximum Gasteiger partial charge on any atom is 0.00510 e. The van der Waals surface area contributed by atoms with Crippen LogP contribution in [0.5, 0.6) is 0 Å². The molecule has 0 aliphatic heterocycles. The molecule has 1 nitrogen and oxygen atoms in total. The summed E-state index contributed by atoms with van der Waals surface area (Å²) >= 11 is 2.04. The zero-order chi connectivity index (χ0) is 15.3. The van der Waals surface area contributed by atoms with Gasteiger partial charge >= 0.3 is 0 Å². The normalized spacial score (nSPS) is 25.1. The maximum absolute atomic E-state index is 3.67. The fourth-order valence-electron chi connectivity index (χ4n) is 3.74. The molecule has 120 valence electrons. The van der Waals surface area contributed by atoms with Gasteiger partial charge in [0.15, 0.2) is 0 Å². The van der Waals surface area contributed by atoms with Gasteiger partial charge in [0.25, 0.3) is 0 Å². The quantitative estimate of drug-likeness (QED) is 0.674. The van der Waals surface area contributed by atoms with Crippen molar-refractivity contribution in [3.8, 4) is 0 Å². The Morgan fingerprint density at radius 3 is 2.62 bits per heavy atom. The molecule has 0 saturated heterocycles.